The summed E-state index contributed by atoms with van der Waals surface area (Å²) in [6.07, 6.45) is 7.12. The van der Waals surface area contributed by atoms with Crippen LogP contribution in [-0.4, -0.2) is 33.5 Å². The van der Waals surface area contributed by atoms with E-state index in [4.69, 9.17) is 23.2 Å². The summed E-state index contributed by atoms with van der Waals surface area (Å²) in [5.74, 6) is 1.20. The lowest BCUT2D eigenvalue weighted by Crippen LogP contribution is -2.27. The average molecular weight is 428 g/mol. The van der Waals surface area contributed by atoms with E-state index in [2.05, 4.69) is 60.7 Å². The molecule has 29 heavy (non-hydrogen) atoms. The smallest absolute Gasteiger partial charge is 0.224 e. The molecule has 0 saturated carbocycles. The molecule has 3 heterocycles. The summed E-state index contributed by atoms with van der Waals surface area (Å²) in [5.41, 5.74) is 4.04. The third-order valence-electron chi connectivity index (χ3n) is 4.59. The monoisotopic (exact) mass is 427 g/mol. The van der Waals surface area contributed by atoms with Gasteiger partial charge >= 0.3 is 0 Å². The van der Waals surface area contributed by atoms with Crippen LogP contribution in [0.4, 0.5) is 17.2 Å². The summed E-state index contributed by atoms with van der Waals surface area (Å²) >= 11 is 12.1. The Balaban J connectivity index is 1.63. The van der Waals surface area contributed by atoms with Gasteiger partial charge in [0.1, 0.15) is 10.8 Å². The fourth-order valence-corrected chi connectivity index (χ4v) is 3.41. The van der Waals surface area contributed by atoms with E-state index < -0.39 is 0 Å². The van der Waals surface area contributed by atoms with Gasteiger partial charge in [0.15, 0.2) is 5.82 Å². The maximum Gasteiger partial charge on any atom is 0.224 e. The molecule has 148 valence electrons. The van der Waals surface area contributed by atoms with Gasteiger partial charge in [-0.15, -0.1) is 0 Å². The molecule has 0 spiro atoms. The number of halogens is 2. The van der Waals surface area contributed by atoms with Crippen molar-refractivity contribution in [3.63, 3.8) is 0 Å². The first-order chi connectivity index (χ1) is 14.0. The fourth-order valence-electron chi connectivity index (χ4n) is 3.14. The normalized spacial score (nSPS) is 14.1. The number of aromatic nitrogens is 4. The molecular formula is C20H19Cl2N7. The molecule has 1 atom stereocenters. The van der Waals surface area contributed by atoms with Gasteiger partial charge in [-0.1, -0.05) is 11.6 Å². The Bertz CT molecular complexity index is 1060. The third-order valence-corrected chi connectivity index (χ3v) is 5.05. The Morgan fingerprint density at radius 1 is 1.14 bits per heavy atom. The molecule has 0 fully saturated rings. The highest BCUT2D eigenvalue weighted by Crippen LogP contribution is 2.34. The zero-order chi connectivity index (χ0) is 20.4. The molecule has 1 unspecified atom stereocenters. The maximum absolute atomic E-state index is 6.19. The summed E-state index contributed by atoms with van der Waals surface area (Å²) in [6, 6.07) is 7.86. The highest BCUT2D eigenvalue weighted by molar-refractivity contribution is 6.33. The molecule has 9 heteroatoms. The van der Waals surface area contributed by atoms with E-state index in [1.54, 1.807) is 12.4 Å². The predicted octanol–water partition coefficient (Wildman–Crippen LogP) is 4.46. The standard InChI is InChI=1S/C20H19Cl2N7/c1-12(18-23-7-3-8-24-18)26-16-6-9-29(2)17-5-4-13(10-14(16)17)27-19-15(21)11-25-20(22)28-19/h3-8,10-12,26H,9H2,1-2H3,(H,25,27,28). The molecule has 0 radical (unpaired) electrons. The van der Waals surface area contributed by atoms with Crippen molar-refractivity contribution in [2.75, 3.05) is 23.8 Å². The van der Waals surface area contributed by atoms with Crippen LogP contribution in [-0.2, 0) is 0 Å². The van der Waals surface area contributed by atoms with Crippen LogP contribution in [0, 0.1) is 0 Å². The molecule has 1 aliphatic rings. The van der Waals surface area contributed by atoms with Crippen molar-refractivity contribution in [3.05, 3.63) is 70.6 Å². The van der Waals surface area contributed by atoms with Crippen LogP contribution in [0.1, 0.15) is 24.4 Å². The van der Waals surface area contributed by atoms with Crippen LogP contribution < -0.4 is 15.5 Å². The molecule has 0 bridgehead atoms. The van der Waals surface area contributed by atoms with Crippen molar-refractivity contribution in [2.24, 2.45) is 0 Å². The molecule has 1 aromatic carbocycles. The summed E-state index contributed by atoms with van der Waals surface area (Å²) in [6.45, 7) is 2.84. The Morgan fingerprint density at radius 2 is 1.93 bits per heavy atom. The second kappa shape index (κ2) is 8.23. The first kappa shape index (κ1) is 19.4. The van der Waals surface area contributed by atoms with E-state index in [1.165, 1.54) is 6.20 Å². The minimum absolute atomic E-state index is 0.0366. The Morgan fingerprint density at radius 3 is 2.72 bits per heavy atom. The average Bonchev–Trinajstić information content (AvgIpc) is 2.73. The van der Waals surface area contributed by atoms with Gasteiger partial charge in [-0.3, -0.25) is 0 Å². The van der Waals surface area contributed by atoms with Crippen LogP contribution in [0.15, 0.2) is 48.9 Å². The highest BCUT2D eigenvalue weighted by Gasteiger charge is 2.20. The van der Waals surface area contributed by atoms with E-state index >= 15 is 0 Å². The number of hydrogen-bond acceptors (Lipinski definition) is 7. The van der Waals surface area contributed by atoms with E-state index in [0.29, 0.717) is 10.8 Å². The van der Waals surface area contributed by atoms with Crippen molar-refractivity contribution in [2.45, 2.75) is 13.0 Å². The Labute approximate surface area is 178 Å². The molecule has 3 aromatic rings. The van der Waals surface area contributed by atoms with Crippen molar-refractivity contribution >= 4 is 46.1 Å². The van der Waals surface area contributed by atoms with Gasteiger partial charge in [0.2, 0.25) is 5.28 Å². The zero-order valence-corrected chi connectivity index (χ0v) is 17.4. The molecule has 1 aliphatic heterocycles. The fraction of sp³-hybridized carbons (Fsp3) is 0.200. The number of likely N-dealkylation sites (N-methyl/N-ethyl adjacent to an activating group) is 1. The lowest BCUT2D eigenvalue weighted by Gasteiger charge is -2.29. The molecule has 7 nitrogen and oxygen atoms in total. The van der Waals surface area contributed by atoms with Gasteiger partial charge < -0.3 is 15.5 Å². The molecule has 2 aromatic heterocycles. The highest BCUT2D eigenvalue weighted by atomic mass is 35.5. The van der Waals surface area contributed by atoms with E-state index in [9.17, 15) is 0 Å². The first-order valence-electron chi connectivity index (χ1n) is 9.05. The van der Waals surface area contributed by atoms with E-state index in [-0.39, 0.29) is 11.3 Å². The molecule has 0 aliphatic carbocycles. The lowest BCUT2D eigenvalue weighted by molar-refractivity contribution is 0.647. The second-order valence-corrected chi connectivity index (χ2v) is 7.41. The molecule has 0 amide bonds. The molecule has 4 rings (SSSR count). The topological polar surface area (TPSA) is 78.9 Å². The van der Waals surface area contributed by atoms with Gasteiger partial charge in [-0.2, -0.15) is 4.98 Å². The predicted molar refractivity (Wildman–Crippen MR) is 117 cm³/mol. The van der Waals surface area contributed by atoms with Gasteiger partial charge in [-0.25, -0.2) is 15.0 Å². The van der Waals surface area contributed by atoms with Crippen molar-refractivity contribution < 1.29 is 0 Å². The van der Waals surface area contributed by atoms with Crippen molar-refractivity contribution in [1.29, 1.82) is 0 Å². The van der Waals surface area contributed by atoms with E-state index in [0.717, 1.165) is 35.0 Å². The van der Waals surface area contributed by atoms with Crippen molar-refractivity contribution in [3.8, 4) is 0 Å². The minimum atomic E-state index is -0.0366. The van der Waals surface area contributed by atoms with E-state index in [1.807, 2.05) is 19.1 Å². The lowest BCUT2D eigenvalue weighted by atomic mass is 10.0. The van der Waals surface area contributed by atoms with Crippen LogP contribution in [0.2, 0.25) is 10.3 Å². The van der Waals surface area contributed by atoms with Crippen molar-refractivity contribution in [1.82, 2.24) is 25.3 Å². The van der Waals surface area contributed by atoms with Gasteiger partial charge in [-0.05, 0) is 48.9 Å². The summed E-state index contributed by atoms with van der Waals surface area (Å²) in [5, 5.41) is 7.28. The van der Waals surface area contributed by atoms with Gasteiger partial charge in [0, 0.05) is 48.6 Å². The number of nitrogens with zero attached hydrogens (tertiary/aromatic N) is 5. The van der Waals surface area contributed by atoms with Gasteiger partial charge in [0.05, 0.1) is 12.2 Å². The Kier molecular flexibility index (Phi) is 5.51. The number of nitrogens with one attached hydrogen (secondary N) is 2. The Hall–Kier alpha value is -2.90. The number of benzene rings is 1. The quantitative estimate of drug-likeness (QED) is 0.581. The summed E-state index contributed by atoms with van der Waals surface area (Å²) in [7, 11) is 2.06. The minimum Gasteiger partial charge on any atom is -0.375 e. The number of fused-ring (bicyclic) bond motifs is 1. The number of anilines is 3. The number of rotatable bonds is 5. The summed E-state index contributed by atoms with van der Waals surface area (Å²) in [4.78, 5) is 18.9. The van der Waals surface area contributed by atoms with Gasteiger partial charge in [0.25, 0.3) is 0 Å². The summed E-state index contributed by atoms with van der Waals surface area (Å²) < 4.78 is 0. The molecule has 0 saturated heterocycles. The van der Waals surface area contributed by atoms with Crippen LogP contribution >= 0.6 is 23.2 Å². The zero-order valence-electron chi connectivity index (χ0n) is 15.9. The second-order valence-electron chi connectivity index (χ2n) is 6.66. The molecule has 2 N–H and O–H groups in total. The maximum atomic E-state index is 6.19. The SMILES string of the molecule is CC(NC1=CCN(C)c2ccc(Nc3nc(Cl)ncc3Cl)cc21)c1ncccn1. The third kappa shape index (κ3) is 4.26. The molecular weight excluding hydrogens is 409 g/mol. The van der Waals surface area contributed by atoms with Crippen LogP contribution in [0.25, 0.3) is 5.70 Å². The largest absolute Gasteiger partial charge is 0.375 e. The first-order valence-corrected chi connectivity index (χ1v) is 9.81. The van der Waals surface area contributed by atoms with Crippen LogP contribution in [0.3, 0.4) is 0 Å². The number of hydrogen-bond donors (Lipinski definition) is 2. The van der Waals surface area contributed by atoms with Crippen LogP contribution in [0.5, 0.6) is 0 Å².